The van der Waals surface area contributed by atoms with Crippen LogP contribution in [0.25, 0.3) is 0 Å². The van der Waals surface area contributed by atoms with Crippen molar-refractivity contribution < 1.29 is 39.6 Å². The number of carboxylic acid groups (broad SMARTS) is 4. The number of carbonyl (C=O) groups is 4. The van der Waals surface area contributed by atoms with Gasteiger partial charge in [0, 0.05) is 18.4 Å². The Morgan fingerprint density at radius 3 is 0.923 bits per heavy atom. The normalized spacial score (nSPS) is 7.69. The molecule has 8 heteroatoms. The van der Waals surface area contributed by atoms with E-state index in [1.165, 1.54) is 0 Å². The van der Waals surface area contributed by atoms with Crippen molar-refractivity contribution in [3.63, 3.8) is 0 Å². The van der Waals surface area contributed by atoms with Gasteiger partial charge in [0.2, 0.25) is 0 Å². The Hall–Kier alpha value is -2.12. The van der Waals surface area contributed by atoms with Crippen LogP contribution in [0.3, 0.4) is 0 Å². The lowest BCUT2D eigenvalue weighted by molar-refractivity contribution is -0.345. The molecule has 0 aromatic carbocycles. The Kier molecular flexibility index (Phi) is 6.82. The molecule has 74 valence electrons. The summed E-state index contributed by atoms with van der Waals surface area (Å²) < 4.78 is 0. The van der Waals surface area contributed by atoms with Gasteiger partial charge in [0.15, 0.2) is 0 Å². The summed E-state index contributed by atoms with van der Waals surface area (Å²) in [5.41, 5.74) is 0. The fourth-order valence-corrected chi connectivity index (χ4v) is 0.118. The van der Waals surface area contributed by atoms with E-state index in [0.717, 1.165) is 0 Å². The van der Waals surface area contributed by atoms with Gasteiger partial charge in [0.1, 0.15) is 0 Å². The van der Waals surface area contributed by atoms with E-state index in [9.17, 15) is 19.8 Å². The zero-order valence-corrected chi connectivity index (χ0v) is 5.97. The Labute approximate surface area is 71.0 Å². The topological polar surface area (TPSA) is 161 Å². The molecule has 8 nitrogen and oxygen atoms in total. The summed E-state index contributed by atoms with van der Waals surface area (Å²) in [5.74, 6) is -7.62. The zero-order valence-electron chi connectivity index (χ0n) is 5.97. The minimum Gasteiger partial charge on any atom is -0.550 e. The van der Waals surface area contributed by atoms with E-state index in [0.29, 0.717) is 0 Å². The van der Waals surface area contributed by atoms with Crippen molar-refractivity contribution in [2.24, 2.45) is 0 Å². The smallest absolute Gasteiger partial charge is 0.0870 e. The maximum Gasteiger partial charge on any atom is 0.0870 e. The number of carboxylic acids is 4. The molecule has 0 N–H and O–H groups in total. The molecule has 0 saturated heterocycles. The molecular weight excluding hydrogens is 188 g/mol. The first-order chi connectivity index (χ1) is 5.77. The molecule has 0 spiro atoms. The lowest BCUT2D eigenvalue weighted by Gasteiger charge is -1.99. The van der Waals surface area contributed by atoms with Crippen molar-refractivity contribution in [2.75, 3.05) is 0 Å². The van der Waals surface area contributed by atoms with E-state index in [4.69, 9.17) is 19.8 Å². The number of aliphatic carboxylic acids is 4. The highest BCUT2D eigenvalue weighted by Crippen LogP contribution is 1.66. The monoisotopic (exact) mass is 190 g/mol. The van der Waals surface area contributed by atoms with Crippen molar-refractivity contribution in [1.82, 2.24) is 0 Å². The van der Waals surface area contributed by atoms with E-state index in [1.54, 1.807) is 0 Å². The van der Waals surface area contributed by atoms with E-state index in [1.807, 2.05) is 0 Å². The molecule has 0 rings (SSSR count). The highest BCUT2D eigenvalue weighted by atomic mass is 16.4. The average Bonchev–Trinajstić information content (AvgIpc) is 1.84. The third kappa shape index (κ3) is 17.7. The number of hydrogen-bond donors (Lipinski definition) is 0. The van der Waals surface area contributed by atoms with E-state index >= 15 is 0 Å². The van der Waals surface area contributed by atoms with Crippen LogP contribution in [0.1, 0.15) is 6.42 Å². The highest BCUT2D eigenvalue weighted by Gasteiger charge is 1.81. The number of rotatable bonds is 2. The lowest BCUT2D eigenvalue weighted by atomic mass is 10.5. The first kappa shape index (κ1) is 13.5. The largest absolute Gasteiger partial charge is 0.550 e. The molecule has 13 heavy (non-hydrogen) atoms. The molecule has 0 aliphatic carbocycles. The summed E-state index contributed by atoms with van der Waals surface area (Å²) in [6, 6.07) is 0. The van der Waals surface area contributed by atoms with Crippen LogP contribution >= 0.6 is 0 Å². The number of hydrogen-bond acceptors (Lipinski definition) is 8. The van der Waals surface area contributed by atoms with E-state index in [-0.39, 0.29) is 0 Å². The third-order valence-electron chi connectivity index (χ3n) is 0.455. The second kappa shape index (κ2) is 6.58. The minimum absolute atomic E-state index is 1.03. The minimum atomic E-state index is -2.19. The van der Waals surface area contributed by atoms with Crippen LogP contribution in [0.4, 0.5) is 0 Å². The van der Waals surface area contributed by atoms with Gasteiger partial charge in [-0.25, -0.2) is 0 Å². The number of carbonyl (C=O) groups excluding carboxylic acids is 4. The van der Waals surface area contributed by atoms with E-state index < -0.39 is 30.3 Å². The van der Waals surface area contributed by atoms with Gasteiger partial charge in [-0.15, -0.1) is 0 Å². The molecule has 0 radical (unpaired) electrons. The lowest BCUT2D eigenvalue weighted by Crippen LogP contribution is -2.42. The van der Waals surface area contributed by atoms with Gasteiger partial charge >= 0.3 is 0 Å². The molecular formula is C5H2O8-4. The van der Waals surface area contributed by atoms with Gasteiger partial charge in [0.25, 0.3) is 0 Å². The van der Waals surface area contributed by atoms with Crippen LogP contribution in [0.15, 0.2) is 0 Å². The molecule has 0 heterocycles. The standard InChI is InChI=1S/C3H4O4.C2H2O4/c4-2(5)1-3(6)7;3-1(4)2(5)6/h1H2,(H,4,5)(H,6,7);(H,3,4)(H,5,6)/p-4. The van der Waals surface area contributed by atoms with Gasteiger partial charge in [-0.05, 0) is 0 Å². The average molecular weight is 190 g/mol. The molecule has 0 aliphatic heterocycles. The molecule has 0 aromatic heterocycles. The van der Waals surface area contributed by atoms with Gasteiger partial charge < -0.3 is 39.6 Å². The molecule has 0 amide bonds. The fourth-order valence-electron chi connectivity index (χ4n) is 0.118. The predicted molar refractivity (Wildman–Crippen MR) is 24.6 cm³/mol. The van der Waals surface area contributed by atoms with Crippen molar-refractivity contribution in [1.29, 1.82) is 0 Å². The second-order valence-electron chi connectivity index (χ2n) is 1.50. The molecule has 0 aromatic rings. The Bertz CT molecular complexity index is 205. The van der Waals surface area contributed by atoms with Crippen LogP contribution in [0, 0.1) is 0 Å². The van der Waals surface area contributed by atoms with Crippen molar-refractivity contribution in [2.45, 2.75) is 6.42 Å². The zero-order chi connectivity index (χ0) is 11.0. The summed E-state index contributed by atoms with van der Waals surface area (Å²) in [6.07, 6.45) is -1.03. The van der Waals surface area contributed by atoms with Crippen molar-refractivity contribution >= 4 is 23.9 Å². The van der Waals surface area contributed by atoms with Crippen LogP contribution < -0.4 is 20.4 Å². The highest BCUT2D eigenvalue weighted by molar-refractivity contribution is 6.25. The quantitative estimate of drug-likeness (QED) is 0.306. The summed E-state index contributed by atoms with van der Waals surface area (Å²) in [6.45, 7) is 0. The summed E-state index contributed by atoms with van der Waals surface area (Å²) in [4.78, 5) is 36.4. The molecule has 0 bridgehead atoms. The van der Waals surface area contributed by atoms with Crippen molar-refractivity contribution in [3.05, 3.63) is 0 Å². The Balaban J connectivity index is 0. The van der Waals surface area contributed by atoms with Crippen LogP contribution in [-0.2, 0) is 19.2 Å². The van der Waals surface area contributed by atoms with Gasteiger partial charge in [-0.2, -0.15) is 0 Å². The summed E-state index contributed by atoms with van der Waals surface area (Å²) in [5, 5.41) is 36.4. The van der Waals surface area contributed by atoms with E-state index in [2.05, 4.69) is 0 Å². The summed E-state index contributed by atoms with van der Waals surface area (Å²) >= 11 is 0. The Morgan fingerprint density at radius 2 is 0.923 bits per heavy atom. The molecule has 0 aliphatic rings. The fraction of sp³-hybridized carbons (Fsp3) is 0.200. The SMILES string of the molecule is O=C([O-])C(=O)[O-].O=C([O-])CC(=O)[O-]. The first-order valence-corrected chi connectivity index (χ1v) is 2.59. The maximum atomic E-state index is 9.28. The first-order valence-electron chi connectivity index (χ1n) is 2.59. The predicted octanol–water partition coefficient (Wildman–Crippen LogP) is -6.64. The van der Waals surface area contributed by atoms with Crippen molar-refractivity contribution in [3.8, 4) is 0 Å². The van der Waals surface area contributed by atoms with Crippen LogP contribution in [0.5, 0.6) is 0 Å². The second-order valence-corrected chi connectivity index (χ2v) is 1.50. The maximum absolute atomic E-state index is 9.28. The molecule has 0 atom stereocenters. The van der Waals surface area contributed by atoms with Crippen LogP contribution in [0.2, 0.25) is 0 Å². The van der Waals surface area contributed by atoms with Gasteiger partial charge in [-0.3, -0.25) is 0 Å². The van der Waals surface area contributed by atoms with Crippen LogP contribution in [-0.4, -0.2) is 23.9 Å². The van der Waals surface area contributed by atoms with Gasteiger partial charge in [-0.1, -0.05) is 0 Å². The molecule has 0 saturated carbocycles. The van der Waals surface area contributed by atoms with Gasteiger partial charge in [0.05, 0.1) is 11.9 Å². The third-order valence-corrected chi connectivity index (χ3v) is 0.455. The molecule has 0 fully saturated rings. The molecule has 0 unspecified atom stereocenters. The Morgan fingerprint density at radius 1 is 0.692 bits per heavy atom. The summed E-state index contributed by atoms with van der Waals surface area (Å²) in [7, 11) is 0.